The predicted octanol–water partition coefficient (Wildman–Crippen LogP) is 6.98. The number of esters is 1. The number of carbonyl (C=O) groups excluding carboxylic acids is 5. The normalized spacial score (nSPS) is 22.5. The number of hydrazine groups is 1. The summed E-state index contributed by atoms with van der Waals surface area (Å²) in [5.74, 6) is -4.06. The Morgan fingerprint density at radius 1 is 1.08 bits per heavy atom. The largest absolute Gasteiger partial charge is 0.464 e. The SMILES string of the molecule is CCn1c(-c2cccnc2[C@H](C)OC)c2c3cc(c(F)cc31)N1CCO[C@@H](CC(=NC(=O)[C@H](C(C)C)N(C)C(=O)C3(F)CCN(C(=O)OC(C)(C)C)CC3)C(=O)N3CCC[C@H](N3)C(=O)OCC(C)(C)C2)C1. The van der Waals surface area contributed by atoms with Gasteiger partial charge in [-0.2, -0.15) is 0 Å². The van der Waals surface area contributed by atoms with Gasteiger partial charge in [-0.15, -0.1) is 0 Å². The van der Waals surface area contributed by atoms with E-state index < -0.39 is 76.4 Å². The number of aromatic nitrogens is 2. The number of hydrogen-bond acceptors (Lipinski definition) is 12. The molecule has 1 N–H and O–H groups in total. The molecule has 6 heterocycles. The third kappa shape index (κ3) is 11.6. The summed E-state index contributed by atoms with van der Waals surface area (Å²) >= 11 is 0. The number of cyclic esters (lactones) is 1. The summed E-state index contributed by atoms with van der Waals surface area (Å²) in [6.45, 7) is 17.8. The Hall–Kier alpha value is -5.53. The van der Waals surface area contributed by atoms with Crippen molar-refractivity contribution in [3.63, 3.8) is 0 Å². The van der Waals surface area contributed by atoms with Gasteiger partial charge in [0.1, 0.15) is 29.2 Å². The van der Waals surface area contributed by atoms with E-state index >= 15 is 8.78 Å². The Morgan fingerprint density at radius 3 is 2.46 bits per heavy atom. The number of pyridine rings is 1. The lowest BCUT2D eigenvalue weighted by Gasteiger charge is -2.39. The number of nitrogens with one attached hydrogen (secondary N) is 1. The molecule has 71 heavy (non-hydrogen) atoms. The minimum Gasteiger partial charge on any atom is -0.464 e. The van der Waals surface area contributed by atoms with Gasteiger partial charge in [-0.05, 0) is 83.6 Å². The molecule has 3 fully saturated rings. The number of aryl methyl sites for hydroxylation is 1. The summed E-state index contributed by atoms with van der Waals surface area (Å²) in [6, 6.07) is 5.11. The van der Waals surface area contributed by atoms with Gasteiger partial charge in [0.15, 0.2) is 5.67 Å². The van der Waals surface area contributed by atoms with Crippen LogP contribution >= 0.6 is 0 Å². The van der Waals surface area contributed by atoms with Crippen molar-refractivity contribution in [3.8, 4) is 11.3 Å². The second-order valence-electron chi connectivity index (χ2n) is 21.5. The predicted molar refractivity (Wildman–Crippen MR) is 264 cm³/mol. The van der Waals surface area contributed by atoms with Crippen molar-refractivity contribution in [2.24, 2.45) is 16.3 Å². The number of alkyl halides is 1. The molecule has 4 aliphatic heterocycles. The van der Waals surface area contributed by atoms with E-state index in [0.29, 0.717) is 43.6 Å². The van der Waals surface area contributed by atoms with Crippen molar-refractivity contribution >= 4 is 52.1 Å². The minimum atomic E-state index is -2.39. The Bertz CT molecular complexity index is 2530. The number of rotatable bonds is 8. The van der Waals surface area contributed by atoms with Gasteiger partial charge in [0, 0.05) is 101 Å². The van der Waals surface area contributed by atoms with Gasteiger partial charge in [0.2, 0.25) is 0 Å². The molecule has 1 aromatic carbocycles. The number of nitrogens with zero attached hydrogens (tertiary/aromatic N) is 7. The molecule has 0 saturated carbocycles. The first-order valence-electron chi connectivity index (χ1n) is 24.9. The number of amides is 4. The van der Waals surface area contributed by atoms with Crippen LogP contribution in [0.3, 0.4) is 0 Å². The number of halogens is 2. The number of fused-ring (bicyclic) bond motifs is 6. The van der Waals surface area contributed by atoms with E-state index in [1.165, 1.54) is 17.0 Å². The van der Waals surface area contributed by atoms with E-state index in [4.69, 9.17) is 23.9 Å². The van der Waals surface area contributed by atoms with E-state index in [0.717, 1.165) is 32.8 Å². The van der Waals surface area contributed by atoms with Gasteiger partial charge in [0.05, 0.1) is 48.0 Å². The summed E-state index contributed by atoms with van der Waals surface area (Å²) in [5.41, 5.74) is 3.43. The third-order valence-corrected chi connectivity index (χ3v) is 14.0. The van der Waals surface area contributed by atoms with E-state index in [-0.39, 0.29) is 70.5 Å². The third-order valence-electron chi connectivity index (χ3n) is 14.0. The fourth-order valence-corrected chi connectivity index (χ4v) is 10.3. The van der Waals surface area contributed by atoms with Crippen LogP contribution in [0.2, 0.25) is 0 Å². The number of aliphatic imine (C=N–C) groups is 1. The maximum atomic E-state index is 16.8. The number of anilines is 1. The highest BCUT2D eigenvalue weighted by Gasteiger charge is 2.48. The smallest absolute Gasteiger partial charge is 0.410 e. The second-order valence-corrected chi connectivity index (χ2v) is 21.5. The van der Waals surface area contributed by atoms with Crippen LogP contribution in [0.1, 0.15) is 112 Å². The van der Waals surface area contributed by atoms with Crippen molar-refractivity contribution < 1.29 is 51.7 Å². The molecule has 0 unspecified atom stereocenters. The second kappa shape index (κ2) is 21.3. The first kappa shape index (κ1) is 53.3. The number of morpholine rings is 1. The molecule has 3 saturated heterocycles. The molecule has 19 heteroatoms. The number of carbonyl (C=O) groups is 5. The van der Waals surface area contributed by atoms with Gasteiger partial charge < -0.3 is 38.2 Å². The molecule has 0 spiro atoms. The summed E-state index contributed by atoms with van der Waals surface area (Å²) < 4.78 is 59.1. The van der Waals surface area contributed by atoms with Gasteiger partial charge in [-0.3, -0.25) is 29.2 Å². The van der Waals surface area contributed by atoms with Crippen LogP contribution in [0.5, 0.6) is 0 Å². The number of methoxy groups -OCH3 is 1. The Morgan fingerprint density at radius 2 is 1.80 bits per heavy atom. The molecule has 17 nitrogen and oxygen atoms in total. The lowest BCUT2D eigenvalue weighted by atomic mass is 9.84. The van der Waals surface area contributed by atoms with E-state index in [1.54, 1.807) is 54.0 Å². The van der Waals surface area contributed by atoms with Crippen LogP contribution in [-0.4, -0.2) is 149 Å². The highest BCUT2D eigenvalue weighted by Crippen LogP contribution is 2.43. The van der Waals surface area contributed by atoms with Crippen LogP contribution in [0.15, 0.2) is 35.5 Å². The van der Waals surface area contributed by atoms with Crippen LogP contribution in [-0.2, 0) is 51.1 Å². The molecule has 3 aromatic rings. The highest BCUT2D eigenvalue weighted by molar-refractivity contribution is 6.40. The average Bonchev–Trinajstić information content (AvgIpc) is 3.61. The van der Waals surface area contributed by atoms with Crippen molar-refractivity contribution in [2.75, 3.05) is 65.0 Å². The van der Waals surface area contributed by atoms with E-state index in [1.807, 2.05) is 50.8 Å². The number of hydrogen-bond donors (Lipinski definition) is 1. The average molecular weight is 991 g/mol. The Labute approximate surface area is 415 Å². The van der Waals surface area contributed by atoms with E-state index in [2.05, 4.69) is 15.0 Å². The van der Waals surface area contributed by atoms with Crippen LogP contribution in [0, 0.1) is 17.2 Å². The molecular weight excluding hydrogens is 919 g/mol. The van der Waals surface area contributed by atoms with Crippen molar-refractivity contribution in [2.45, 2.75) is 143 Å². The molecular formula is C52H72F2N8O9. The maximum absolute atomic E-state index is 16.8. The molecule has 4 aliphatic rings. The summed E-state index contributed by atoms with van der Waals surface area (Å²) in [4.78, 5) is 83.4. The topological polar surface area (TPSA) is 177 Å². The van der Waals surface area contributed by atoms with Gasteiger partial charge in [-0.25, -0.2) is 24.0 Å². The number of ether oxygens (including phenoxy) is 4. The molecule has 6 bridgehead atoms. The quantitative estimate of drug-likeness (QED) is 0.230. The molecule has 4 atom stereocenters. The maximum Gasteiger partial charge on any atom is 0.410 e. The molecule has 2 aromatic heterocycles. The van der Waals surface area contributed by atoms with Gasteiger partial charge in [-0.1, -0.05) is 27.7 Å². The zero-order valence-corrected chi connectivity index (χ0v) is 43.2. The summed E-state index contributed by atoms with van der Waals surface area (Å²) in [7, 11) is 2.97. The minimum absolute atomic E-state index is 0.0238. The fourth-order valence-electron chi connectivity index (χ4n) is 10.3. The number of likely N-dealkylation sites (N-methyl/N-ethyl adjacent to an activating group) is 1. The standard InChI is InChI=1S/C52H72F2N8O9/c1-12-61-40-27-37(53)41-26-35(40)36(44(61)34-15-13-19-55-42(34)32(4)68-11)28-51(8,9)30-70-47(65)38-16-14-20-62(57-38)46(64)39(25-33-29-60(41)23-24-69-33)56-45(63)43(31(2)3)58(10)48(66)52(54)17-21-59(22-18-52)49(67)71-50(5,6)7/h13,15,19,26-27,31-33,38,43,57H,12,14,16-18,20-25,28-30H2,1-11H3/t32-,33-,38-,43-/m0/s1. The monoisotopic (exact) mass is 991 g/mol. The molecule has 4 amide bonds. The zero-order chi connectivity index (χ0) is 51.7. The van der Waals surface area contributed by atoms with Crippen molar-refractivity contribution in [1.29, 1.82) is 0 Å². The lowest BCUT2D eigenvalue weighted by molar-refractivity contribution is -0.153. The number of piperidine rings is 1. The summed E-state index contributed by atoms with van der Waals surface area (Å²) in [6.07, 6.45) is 0.453. The molecule has 7 rings (SSSR count). The Balaban J connectivity index is 1.26. The highest BCUT2D eigenvalue weighted by atomic mass is 19.1. The van der Waals surface area contributed by atoms with E-state index in [9.17, 15) is 24.0 Å². The first-order chi connectivity index (χ1) is 33.5. The molecule has 0 aliphatic carbocycles. The Kier molecular flexibility index (Phi) is 16.0. The van der Waals surface area contributed by atoms with Gasteiger partial charge >= 0.3 is 12.1 Å². The molecule has 388 valence electrons. The first-order valence-corrected chi connectivity index (χ1v) is 24.9. The summed E-state index contributed by atoms with van der Waals surface area (Å²) in [5, 5.41) is 2.08. The van der Waals surface area contributed by atoms with Gasteiger partial charge in [0.25, 0.3) is 17.7 Å². The van der Waals surface area contributed by atoms with Crippen LogP contribution in [0.25, 0.3) is 22.2 Å². The molecule has 0 radical (unpaired) electrons. The van der Waals surface area contributed by atoms with Crippen LogP contribution in [0.4, 0.5) is 19.3 Å². The zero-order valence-electron chi connectivity index (χ0n) is 43.2. The number of benzene rings is 1. The lowest BCUT2D eigenvalue weighted by Crippen LogP contribution is -2.58. The fraction of sp³-hybridized carbons (Fsp3) is 0.635. The van der Waals surface area contributed by atoms with Crippen molar-refractivity contribution in [3.05, 3.63) is 47.5 Å². The van der Waals surface area contributed by atoms with Crippen molar-refractivity contribution in [1.82, 2.24) is 29.8 Å². The number of likely N-dealkylation sites (tertiary alicyclic amines) is 1. The van der Waals surface area contributed by atoms with Crippen LogP contribution < -0.4 is 10.3 Å².